The van der Waals surface area contributed by atoms with Crippen LogP contribution in [0.2, 0.25) is 0 Å². The zero-order valence-corrected chi connectivity index (χ0v) is 17.0. The first-order valence-corrected chi connectivity index (χ1v) is 9.95. The Labute approximate surface area is 170 Å². The second-order valence-electron chi connectivity index (χ2n) is 7.74. The second-order valence-corrected chi connectivity index (χ2v) is 7.74. The molecule has 0 saturated carbocycles. The number of halogens is 2. The van der Waals surface area contributed by atoms with Crippen molar-refractivity contribution in [3.05, 3.63) is 70.8 Å². The van der Waals surface area contributed by atoms with Gasteiger partial charge in [-0.25, -0.2) is 8.78 Å². The highest BCUT2D eigenvalue weighted by Gasteiger charge is 2.32. The van der Waals surface area contributed by atoms with E-state index in [1.807, 2.05) is 12.1 Å². The molecule has 2 aromatic rings. The van der Waals surface area contributed by atoms with Crippen LogP contribution >= 0.6 is 0 Å². The first-order chi connectivity index (χ1) is 14.0. The van der Waals surface area contributed by atoms with Gasteiger partial charge in [-0.3, -0.25) is 9.69 Å². The highest BCUT2D eigenvalue weighted by atomic mass is 19.1. The standard InChI is InChI=1S/C23H28F2N2O2/c1-16-11-18(5-8-22(16)25)19-12-20(23(28)26-9-10-29-2)15-27(14-19)13-17-3-6-21(24)7-4-17/h3-8,11,19-20H,9-10,12-15H2,1-2H3,(H,26,28)/t19-,20+/m0/s1. The quantitative estimate of drug-likeness (QED) is 0.719. The van der Waals surface area contributed by atoms with Crippen molar-refractivity contribution in [3.8, 4) is 0 Å². The van der Waals surface area contributed by atoms with Crippen molar-refractivity contribution in [2.24, 2.45) is 5.92 Å². The number of carbonyl (C=O) groups excluding carboxylic acids is 1. The first kappa shape index (κ1) is 21.4. The molecule has 1 heterocycles. The van der Waals surface area contributed by atoms with Gasteiger partial charge in [0.1, 0.15) is 11.6 Å². The number of aryl methyl sites for hydroxylation is 1. The normalized spacial score (nSPS) is 19.9. The van der Waals surface area contributed by atoms with Crippen LogP contribution in [-0.2, 0) is 16.1 Å². The van der Waals surface area contributed by atoms with E-state index in [9.17, 15) is 13.6 Å². The summed E-state index contributed by atoms with van der Waals surface area (Å²) in [4.78, 5) is 14.9. The number of benzene rings is 2. The average molecular weight is 402 g/mol. The molecule has 0 unspecified atom stereocenters. The van der Waals surface area contributed by atoms with E-state index in [1.54, 1.807) is 26.2 Å². The summed E-state index contributed by atoms with van der Waals surface area (Å²) in [5, 5.41) is 2.94. The van der Waals surface area contributed by atoms with E-state index in [-0.39, 0.29) is 29.4 Å². The average Bonchev–Trinajstić information content (AvgIpc) is 2.71. The number of nitrogens with zero attached hydrogens (tertiary/aromatic N) is 1. The van der Waals surface area contributed by atoms with Gasteiger partial charge in [-0.05, 0) is 54.2 Å². The molecule has 0 radical (unpaired) electrons. The van der Waals surface area contributed by atoms with Crippen LogP contribution in [0.5, 0.6) is 0 Å². The van der Waals surface area contributed by atoms with E-state index in [2.05, 4.69) is 10.2 Å². The van der Waals surface area contributed by atoms with Crippen molar-refractivity contribution in [3.63, 3.8) is 0 Å². The lowest BCUT2D eigenvalue weighted by Gasteiger charge is -2.37. The summed E-state index contributed by atoms with van der Waals surface area (Å²) in [5.41, 5.74) is 2.66. The largest absolute Gasteiger partial charge is 0.383 e. The van der Waals surface area contributed by atoms with Gasteiger partial charge in [0, 0.05) is 33.3 Å². The van der Waals surface area contributed by atoms with Crippen LogP contribution in [0.4, 0.5) is 8.78 Å². The molecule has 2 aromatic carbocycles. The molecule has 2 atom stereocenters. The number of rotatable bonds is 7. The van der Waals surface area contributed by atoms with Gasteiger partial charge in [0.2, 0.25) is 5.91 Å². The summed E-state index contributed by atoms with van der Waals surface area (Å²) in [6.07, 6.45) is 0.712. The Morgan fingerprint density at radius 3 is 2.62 bits per heavy atom. The molecule has 1 fully saturated rings. The van der Waals surface area contributed by atoms with Gasteiger partial charge in [-0.15, -0.1) is 0 Å². The molecule has 4 nitrogen and oxygen atoms in total. The highest BCUT2D eigenvalue weighted by Crippen LogP contribution is 2.32. The number of hydrogen-bond acceptors (Lipinski definition) is 3. The predicted octanol–water partition coefficient (Wildman–Crippen LogP) is 3.64. The molecular weight excluding hydrogens is 374 g/mol. The minimum Gasteiger partial charge on any atom is -0.383 e. The molecule has 0 aliphatic carbocycles. The van der Waals surface area contributed by atoms with Gasteiger partial charge in [0.05, 0.1) is 12.5 Å². The molecule has 0 spiro atoms. The Hall–Kier alpha value is -2.31. The molecule has 6 heteroatoms. The minimum atomic E-state index is -0.262. The number of amides is 1. The number of nitrogens with one attached hydrogen (secondary N) is 1. The first-order valence-electron chi connectivity index (χ1n) is 9.95. The summed E-state index contributed by atoms with van der Waals surface area (Å²) in [5.74, 6) is -0.517. The molecule has 156 valence electrons. The number of methoxy groups -OCH3 is 1. The second kappa shape index (κ2) is 9.94. The maximum atomic E-state index is 13.7. The molecule has 1 aliphatic rings. The van der Waals surface area contributed by atoms with Crippen molar-refractivity contribution < 1.29 is 18.3 Å². The van der Waals surface area contributed by atoms with Crippen molar-refractivity contribution in [1.29, 1.82) is 0 Å². The topological polar surface area (TPSA) is 41.6 Å². The van der Waals surface area contributed by atoms with Gasteiger partial charge in [0.15, 0.2) is 0 Å². The van der Waals surface area contributed by atoms with Crippen LogP contribution in [-0.4, -0.2) is 44.2 Å². The molecule has 29 heavy (non-hydrogen) atoms. The van der Waals surface area contributed by atoms with E-state index < -0.39 is 0 Å². The van der Waals surface area contributed by atoms with E-state index in [0.29, 0.717) is 38.2 Å². The molecule has 0 aromatic heterocycles. The third-order valence-corrected chi connectivity index (χ3v) is 5.48. The van der Waals surface area contributed by atoms with Gasteiger partial charge in [0.25, 0.3) is 0 Å². The van der Waals surface area contributed by atoms with Gasteiger partial charge >= 0.3 is 0 Å². The summed E-state index contributed by atoms with van der Waals surface area (Å²) in [6.45, 7) is 4.74. The van der Waals surface area contributed by atoms with Crippen molar-refractivity contribution in [2.75, 3.05) is 33.4 Å². The summed E-state index contributed by atoms with van der Waals surface area (Å²) in [6, 6.07) is 11.6. The lowest BCUT2D eigenvalue weighted by molar-refractivity contribution is -0.127. The Kier molecular flexibility index (Phi) is 7.34. The summed E-state index contributed by atoms with van der Waals surface area (Å²) < 4.78 is 32.0. The van der Waals surface area contributed by atoms with Crippen molar-refractivity contribution >= 4 is 5.91 Å². The van der Waals surface area contributed by atoms with Crippen LogP contribution in [0.1, 0.15) is 29.0 Å². The Bertz CT molecular complexity index is 826. The zero-order valence-electron chi connectivity index (χ0n) is 17.0. The van der Waals surface area contributed by atoms with Crippen molar-refractivity contribution in [1.82, 2.24) is 10.2 Å². The predicted molar refractivity (Wildman–Crippen MR) is 109 cm³/mol. The number of likely N-dealkylation sites (tertiary alicyclic amines) is 1. The van der Waals surface area contributed by atoms with Crippen LogP contribution in [0, 0.1) is 24.5 Å². The Morgan fingerprint density at radius 2 is 1.93 bits per heavy atom. The third kappa shape index (κ3) is 5.84. The van der Waals surface area contributed by atoms with Crippen LogP contribution in [0.3, 0.4) is 0 Å². The molecule has 1 amide bonds. The van der Waals surface area contributed by atoms with Crippen LogP contribution < -0.4 is 5.32 Å². The van der Waals surface area contributed by atoms with Gasteiger partial charge < -0.3 is 10.1 Å². The fraction of sp³-hybridized carbons (Fsp3) is 0.435. The number of piperidine rings is 1. The minimum absolute atomic E-state index is 0.00897. The molecular formula is C23H28F2N2O2. The van der Waals surface area contributed by atoms with E-state index in [0.717, 1.165) is 17.7 Å². The summed E-state index contributed by atoms with van der Waals surface area (Å²) >= 11 is 0. The van der Waals surface area contributed by atoms with E-state index >= 15 is 0 Å². The molecule has 1 saturated heterocycles. The lowest BCUT2D eigenvalue weighted by Crippen LogP contribution is -2.46. The zero-order chi connectivity index (χ0) is 20.8. The maximum Gasteiger partial charge on any atom is 0.224 e. The SMILES string of the molecule is COCCNC(=O)[C@@H]1C[C@H](c2ccc(F)c(C)c2)CN(Cc2ccc(F)cc2)C1. The smallest absolute Gasteiger partial charge is 0.224 e. The third-order valence-electron chi connectivity index (χ3n) is 5.48. The molecule has 0 bridgehead atoms. The molecule has 1 N–H and O–H groups in total. The Morgan fingerprint density at radius 1 is 1.17 bits per heavy atom. The van der Waals surface area contributed by atoms with E-state index in [1.165, 1.54) is 18.2 Å². The van der Waals surface area contributed by atoms with Gasteiger partial charge in [-0.2, -0.15) is 0 Å². The number of carbonyl (C=O) groups is 1. The van der Waals surface area contributed by atoms with Gasteiger partial charge in [-0.1, -0.05) is 24.3 Å². The molecule has 1 aliphatic heterocycles. The monoisotopic (exact) mass is 402 g/mol. The van der Waals surface area contributed by atoms with E-state index in [4.69, 9.17) is 4.74 Å². The highest BCUT2D eigenvalue weighted by molar-refractivity contribution is 5.79. The summed E-state index contributed by atoms with van der Waals surface area (Å²) in [7, 11) is 1.60. The fourth-order valence-corrected chi connectivity index (χ4v) is 3.94. The lowest BCUT2D eigenvalue weighted by atomic mass is 9.83. The number of ether oxygens (including phenoxy) is 1. The Balaban J connectivity index is 1.77. The molecule has 3 rings (SSSR count). The van der Waals surface area contributed by atoms with Crippen LogP contribution in [0.15, 0.2) is 42.5 Å². The maximum absolute atomic E-state index is 13.7. The van der Waals surface area contributed by atoms with Crippen molar-refractivity contribution in [2.45, 2.75) is 25.8 Å². The fourth-order valence-electron chi connectivity index (χ4n) is 3.94. The van der Waals surface area contributed by atoms with Crippen LogP contribution in [0.25, 0.3) is 0 Å². The number of hydrogen-bond donors (Lipinski definition) is 1.